The maximum atomic E-state index is 11.9. The average Bonchev–Trinajstić information content (AvgIpc) is 3.22. The highest BCUT2D eigenvalue weighted by atomic mass is 16.7. The number of esters is 1. The SMILES string of the molecule is CC(NC(=O)COC(=O)c1ccco1)c1ccc2c(c1)OCO2. The van der Waals surface area contributed by atoms with Crippen LogP contribution in [0.5, 0.6) is 11.5 Å². The van der Waals surface area contributed by atoms with Crippen molar-refractivity contribution in [1.82, 2.24) is 5.32 Å². The molecule has 1 N–H and O–H groups in total. The number of amides is 1. The summed E-state index contributed by atoms with van der Waals surface area (Å²) in [6.07, 6.45) is 1.36. The van der Waals surface area contributed by atoms with Gasteiger partial charge in [-0.3, -0.25) is 4.79 Å². The molecular weight excluding hydrogens is 302 g/mol. The minimum atomic E-state index is -0.680. The third-order valence-electron chi connectivity index (χ3n) is 3.33. The van der Waals surface area contributed by atoms with Crippen LogP contribution < -0.4 is 14.8 Å². The molecule has 3 rings (SSSR count). The van der Waals surface area contributed by atoms with E-state index < -0.39 is 11.9 Å². The second-order valence-electron chi connectivity index (χ2n) is 4.96. The van der Waals surface area contributed by atoms with E-state index >= 15 is 0 Å². The first-order valence-electron chi connectivity index (χ1n) is 7.03. The first kappa shape index (κ1) is 15.0. The molecule has 1 amide bonds. The molecule has 1 unspecified atom stereocenters. The van der Waals surface area contributed by atoms with Crippen LogP contribution >= 0.6 is 0 Å². The molecule has 0 fully saturated rings. The summed E-state index contributed by atoms with van der Waals surface area (Å²) in [5.74, 6) is 0.296. The maximum absolute atomic E-state index is 11.9. The van der Waals surface area contributed by atoms with Crippen molar-refractivity contribution in [3.63, 3.8) is 0 Å². The van der Waals surface area contributed by atoms with E-state index in [-0.39, 0.29) is 25.2 Å². The molecular formula is C16H15NO6. The van der Waals surface area contributed by atoms with Crippen LogP contribution in [0.2, 0.25) is 0 Å². The van der Waals surface area contributed by atoms with Crippen LogP contribution in [0.25, 0.3) is 0 Å². The van der Waals surface area contributed by atoms with Gasteiger partial charge in [0.05, 0.1) is 12.3 Å². The minimum Gasteiger partial charge on any atom is -0.457 e. The summed E-state index contributed by atoms with van der Waals surface area (Å²) in [5.41, 5.74) is 0.861. The van der Waals surface area contributed by atoms with Crippen molar-refractivity contribution < 1.29 is 28.2 Å². The van der Waals surface area contributed by atoms with Gasteiger partial charge in [0.1, 0.15) is 0 Å². The Bertz CT molecular complexity index is 709. The molecule has 7 heteroatoms. The highest BCUT2D eigenvalue weighted by molar-refractivity contribution is 5.88. The molecule has 0 bridgehead atoms. The number of ether oxygens (including phenoxy) is 3. The van der Waals surface area contributed by atoms with Crippen molar-refractivity contribution in [3.05, 3.63) is 47.9 Å². The molecule has 2 heterocycles. The Hall–Kier alpha value is -2.96. The fourth-order valence-corrected chi connectivity index (χ4v) is 2.15. The van der Waals surface area contributed by atoms with Gasteiger partial charge in [0.25, 0.3) is 5.91 Å². The van der Waals surface area contributed by atoms with Gasteiger partial charge in [-0.05, 0) is 36.8 Å². The van der Waals surface area contributed by atoms with Crippen LogP contribution in [0, 0.1) is 0 Å². The zero-order valence-corrected chi connectivity index (χ0v) is 12.4. The third-order valence-corrected chi connectivity index (χ3v) is 3.33. The molecule has 1 aliphatic rings. The number of benzene rings is 1. The predicted octanol–water partition coefficient (Wildman–Crippen LogP) is 2.04. The number of nitrogens with one attached hydrogen (secondary N) is 1. The average molecular weight is 317 g/mol. The molecule has 0 radical (unpaired) electrons. The lowest BCUT2D eigenvalue weighted by Gasteiger charge is -2.14. The second kappa shape index (κ2) is 6.43. The summed E-state index contributed by atoms with van der Waals surface area (Å²) >= 11 is 0. The summed E-state index contributed by atoms with van der Waals surface area (Å²) in [6, 6.07) is 8.21. The Balaban J connectivity index is 1.52. The van der Waals surface area contributed by atoms with E-state index in [0.717, 1.165) is 5.56 Å². The summed E-state index contributed by atoms with van der Waals surface area (Å²) in [4.78, 5) is 23.4. The summed E-state index contributed by atoms with van der Waals surface area (Å²) in [6.45, 7) is 1.64. The van der Waals surface area contributed by atoms with Gasteiger partial charge in [-0.15, -0.1) is 0 Å². The lowest BCUT2D eigenvalue weighted by atomic mass is 10.1. The van der Waals surface area contributed by atoms with E-state index in [4.69, 9.17) is 18.6 Å². The van der Waals surface area contributed by atoms with E-state index in [1.807, 2.05) is 19.1 Å². The number of fused-ring (bicyclic) bond motifs is 1. The van der Waals surface area contributed by atoms with Gasteiger partial charge in [-0.2, -0.15) is 0 Å². The Morgan fingerprint density at radius 3 is 2.87 bits per heavy atom. The number of carbonyl (C=O) groups is 2. The van der Waals surface area contributed by atoms with Gasteiger partial charge in [-0.1, -0.05) is 6.07 Å². The fraction of sp³-hybridized carbons (Fsp3) is 0.250. The van der Waals surface area contributed by atoms with Crippen LogP contribution in [-0.2, 0) is 9.53 Å². The third kappa shape index (κ3) is 3.45. The molecule has 7 nitrogen and oxygen atoms in total. The van der Waals surface area contributed by atoms with Crippen LogP contribution in [0.15, 0.2) is 41.0 Å². The van der Waals surface area contributed by atoms with E-state index in [1.54, 1.807) is 12.1 Å². The Labute approximate surface area is 132 Å². The molecule has 0 saturated carbocycles. The van der Waals surface area contributed by atoms with Gasteiger partial charge < -0.3 is 23.9 Å². The van der Waals surface area contributed by atoms with Gasteiger partial charge in [0.2, 0.25) is 12.6 Å². The molecule has 0 saturated heterocycles. The Morgan fingerprint density at radius 2 is 2.09 bits per heavy atom. The highest BCUT2D eigenvalue weighted by Gasteiger charge is 2.18. The zero-order chi connectivity index (χ0) is 16.2. The van der Waals surface area contributed by atoms with Crippen molar-refractivity contribution >= 4 is 11.9 Å². The summed E-state index contributed by atoms with van der Waals surface area (Å²) in [5, 5.41) is 2.74. The molecule has 0 aliphatic carbocycles. The molecule has 120 valence electrons. The van der Waals surface area contributed by atoms with Gasteiger partial charge in [-0.25, -0.2) is 4.79 Å². The van der Waals surface area contributed by atoms with Crippen molar-refractivity contribution in [1.29, 1.82) is 0 Å². The zero-order valence-electron chi connectivity index (χ0n) is 12.4. The number of hydrogen-bond donors (Lipinski definition) is 1. The predicted molar refractivity (Wildman–Crippen MR) is 78.1 cm³/mol. The number of hydrogen-bond acceptors (Lipinski definition) is 6. The van der Waals surface area contributed by atoms with E-state index in [1.165, 1.54) is 12.3 Å². The number of furan rings is 1. The van der Waals surface area contributed by atoms with Crippen molar-refractivity contribution in [3.8, 4) is 11.5 Å². The first-order chi connectivity index (χ1) is 11.1. The van der Waals surface area contributed by atoms with E-state index in [2.05, 4.69) is 5.32 Å². The van der Waals surface area contributed by atoms with Gasteiger partial charge in [0, 0.05) is 0 Å². The van der Waals surface area contributed by atoms with Crippen molar-refractivity contribution in [2.45, 2.75) is 13.0 Å². The topological polar surface area (TPSA) is 87.0 Å². The first-order valence-corrected chi connectivity index (χ1v) is 7.03. The van der Waals surface area contributed by atoms with Crippen molar-refractivity contribution in [2.75, 3.05) is 13.4 Å². The smallest absolute Gasteiger partial charge is 0.374 e. The van der Waals surface area contributed by atoms with Crippen molar-refractivity contribution in [2.24, 2.45) is 0 Å². The lowest BCUT2D eigenvalue weighted by molar-refractivity contribution is -0.124. The molecule has 1 aromatic heterocycles. The standard InChI is InChI=1S/C16H15NO6/c1-10(11-4-5-12-14(7-11)23-9-22-12)17-15(18)8-21-16(19)13-3-2-6-20-13/h2-7,10H,8-9H2,1H3,(H,17,18). The monoisotopic (exact) mass is 317 g/mol. The van der Waals surface area contributed by atoms with Gasteiger partial charge in [0.15, 0.2) is 18.1 Å². The number of carbonyl (C=O) groups excluding carboxylic acids is 2. The lowest BCUT2D eigenvalue weighted by Crippen LogP contribution is -2.31. The highest BCUT2D eigenvalue weighted by Crippen LogP contribution is 2.34. The largest absolute Gasteiger partial charge is 0.457 e. The summed E-state index contributed by atoms with van der Waals surface area (Å²) in [7, 11) is 0. The molecule has 23 heavy (non-hydrogen) atoms. The van der Waals surface area contributed by atoms with E-state index in [0.29, 0.717) is 11.5 Å². The van der Waals surface area contributed by atoms with Crippen LogP contribution in [-0.4, -0.2) is 25.3 Å². The molecule has 1 atom stereocenters. The maximum Gasteiger partial charge on any atom is 0.374 e. The van der Waals surface area contributed by atoms with Crippen LogP contribution in [0.3, 0.4) is 0 Å². The number of rotatable bonds is 5. The van der Waals surface area contributed by atoms with Gasteiger partial charge >= 0.3 is 5.97 Å². The van der Waals surface area contributed by atoms with E-state index in [9.17, 15) is 9.59 Å². The quantitative estimate of drug-likeness (QED) is 0.849. The molecule has 0 spiro atoms. The fourth-order valence-electron chi connectivity index (χ4n) is 2.15. The second-order valence-corrected chi connectivity index (χ2v) is 4.96. The molecule has 1 aromatic carbocycles. The van der Waals surface area contributed by atoms with Crippen LogP contribution in [0.4, 0.5) is 0 Å². The normalized spacial score (nSPS) is 13.4. The Kier molecular flexibility index (Phi) is 4.18. The summed E-state index contributed by atoms with van der Waals surface area (Å²) < 4.78 is 20.3. The minimum absolute atomic E-state index is 0.0571. The molecule has 1 aliphatic heterocycles. The molecule has 2 aromatic rings. The Morgan fingerprint density at radius 1 is 1.26 bits per heavy atom. The van der Waals surface area contributed by atoms with Crippen LogP contribution in [0.1, 0.15) is 29.1 Å².